The molecule has 0 aromatic rings. The van der Waals surface area contributed by atoms with Crippen LogP contribution in [0.2, 0.25) is 0 Å². The van der Waals surface area contributed by atoms with Crippen molar-refractivity contribution in [1.29, 1.82) is 0 Å². The first-order chi connectivity index (χ1) is 7.02. The van der Waals surface area contributed by atoms with E-state index in [1.165, 1.54) is 6.08 Å². The summed E-state index contributed by atoms with van der Waals surface area (Å²) in [6, 6.07) is -0.861. The number of carboxylic acids is 1. The minimum Gasteiger partial charge on any atom is -0.479 e. The summed E-state index contributed by atoms with van der Waals surface area (Å²) in [6.07, 6.45) is -0.738. The Labute approximate surface area is 87.5 Å². The monoisotopic (exact) mass is 217 g/mol. The van der Waals surface area contributed by atoms with Gasteiger partial charge in [-0.1, -0.05) is 19.6 Å². The quantitative estimate of drug-likeness (QED) is 0.549. The van der Waals surface area contributed by atoms with Gasteiger partial charge >= 0.3 is 12.1 Å². The van der Waals surface area contributed by atoms with Crippen LogP contribution in [0.15, 0.2) is 12.7 Å². The molecule has 0 aromatic carbocycles. The third-order valence-electron chi connectivity index (χ3n) is 1.71. The van der Waals surface area contributed by atoms with Crippen molar-refractivity contribution in [2.24, 2.45) is 0 Å². The Morgan fingerprint density at radius 3 is 2.60 bits per heavy atom. The number of alkyl carbamates (subject to hydrolysis) is 1. The van der Waals surface area contributed by atoms with E-state index in [1.807, 2.05) is 0 Å². The average Bonchev–Trinajstić information content (AvgIpc) is 2.21. The molecule has 0 spiro atoms. The van der Waals surface area contributed by atoms with Gasteiger partial charge in [0, 0.05) is 0 Å². The maximum absolute atomic E-state index is 11.0. The van der Waals surface area contributed by atoms with Crippen molar-refractivity contribution < 1.29 is 24.5 Å². The SMILES string of the molecule is C=CCOC(=O)NC(CC)C(O)C(=O)O. The molecule has 0 aromatic heterocycles. The van der Waals surface area contributed by atoms with Crippen LogP contribution in [0.3, 0.4) is 0 Å². The van der Waals surface area contributed by atoms with Crippen LogP contribution < -0.4 is 5.32 Å². The Bertz CT molecular complexity index is 241. The van der Waals surface area contributed by atoms with E-state index in [4.69, 9.17) is 5.11 Å². The van der Waals surface area contributed by atoms with E-state index in [0.29, 0.717) is 0 Å². The predicted molar refractivity (Wildman–Crippen MR) is 52.4 cm³/mol. The first-order valence-electron chi connectivity index (χ1n) is 4.48. The number of hydrogen-bond acceptors (Lipinski definition) is 4. The van der Waals surface area contributed by atoms with Crippen molar-refractivity contribution in [3.05, 3.63) is 12.7 Å². The van der Waals surface area contributed by atoms with Crippen LogP contribution in [-0.2, 0) is 9.53 Å². The molecule has 0 heterocycles. The zero-order valence-electron chi connectivity index (χ0n) is 8.47. The van der Waals surface area contributed by atoms with E-state index in [1.54, 1.807) is 6.92 Å². The van der Waals surface area contributed by atoms with E-state index < -0.39 is 24.2 Å². The highest BCUT2D eigenvalue weighted by atomic mass is 16.5. The van der Waals surface area contributed by atoms with E-state index in [9.17, 15) is 14.7 Å². The lowest BCUT2D eigenvalue weighted by Gasteiger charge is -2.19. The Morgan fingerprint density at radius 1 is 1.60 bits per heavy atom. The molecule has 0 radical (unpaired) electrons. The van der Waals surface area contributed by atoms with Gasteiger partial charge in [-0.25, -0.2) is 9.59 Å². The van der Waals surface area contributed by atoms with Gasteiger partial charge in [-0.2, -0.15) is 0 Å². The van der Waals surface area contributed by atoms with Gasteiger partial charge in [0.15, 0.2) is 6.10 Å². The summed E-state index contributed by atoms with van der Waals surface area (Å²) < 4.78 is 4.58. The molecule has 15 heavy (non-hydrogen) atoms. The Hall–Kier alpha value is -1.56. The normalized spacial score (nSPS) is 13.7. The molecular weight excluding hydrogens is 202 g/mol. The predicted octanol–water partition coefficient (Wildman–Crippen LogP) is 0.123. The number of carboxylic acid groups (broad SMARTS) is 1. The first kappa shape index (κ1) is 13.4. The molecule has 2 atom stereocenters. The molecule has 6 nitrogen and oxygen atoms in total. The molecule has 0 fully saturated rings. The van der Waals surface area contributed by atoms with E-state index in [-0.39, 0.29) is 13.0 Å². The summed E-state index contributed by atoms with van der Waals surface area (Å²) in [5.74, 6) is -1.38. The second-order valence-corrected chi connectivity index (χ2v) is 2.83. The molecule has 6 heteroatoms. The number of ether oxygens (including phenoxy) is 1. The molecule has 0 aliphatic rings. The van der Waals surface area contributed by atoms with Crippen molar-refractivity contribution >= 4 is 12.1 Å². The highest BCUT2D eigenvalue weighted by molar-refractivity contribution is 5.75. The smallest absolute Gasteiger partial charge is 0.407 e. The number of carbonyl (C=O) groups excluding carboxylic acids is 1. The van der Waals surface area contributed by atoms with Crippen molar-refractivity contribution in [2.75, 3.05) is 6.61 Å². The molecular formula is C9H15NO5. The third kappa shape index (κ3) is 5.02. The minimum absolute atomic E-state index is 0.0332. The van der Waals surface area contributed by atoms with Crippen LogP contribution in [0, 0.1) is 0 Å². The summed E-state index contributed by atoms with van der Waals surface area (Å²) >= 11 is 0. The summed E-state index contributed by atoms with van der Waals surface area (Å²) in [5.41, 5.74) is 0. The van der Waals surface area contributed by atoms with Crippen LogP contribution in [-0.4, -0.2) is 41.0 Å². The van der Waals surface area contributed by atoms with Gasteiger partial charge in [0.2, 0.25) is 0 Å². The number of hydrogen-bond donors (Lipinski definition) is 3. The summed E-state index contributed by atoms with van der Waals surface area (Å²) in [6.45, 7) is 5.02. The van der Waals surface area contributed by atoms with Crippen LogP contribution in [0.5, 0.6) is 0 Å². The number of carbonyl (C=O) groups is 2. The van der Waals surface area contributed by atoms with Crippen molar-refractivity contribution in [3.8, 4) is 0 Å². The lowest BCUT2D eigenvalue weighted by Crippen LogP contribution is -2.46. The minimum atomic E-state index is -1.63. The van der Waals surface area contributed by atoms with Gasteiger partial charge < -0.3 is 20.3 Å². The Balaban J connectivity index is 4.14. The van der Waals surface area contributed by atoms with Gasteiger partial charge in [0.1, 0.15) is 6.61 Å². The van der Waals surface area contributed by atoms with Gasteiger partial charge in [-0.05, 0) is 6.42 Å². The second kappa shape index (κ2) is 6.83. The first-order valence-corrected chi connectivity index (χ1v) is 4.48. The molecule has 0 saturated carbocycles. The maximum Gasteiger partial charge on any atom is 0.407 e. The van der Waals surface area contributed by atoms with Crippen LogP contribution in [0.1, 0.15) is 13.3 Å². The van der Waals surface area contributed by atoms with E-state index >= 15 is 0 Å². The highest BCUT2D eigenvalue weighted by Gasteiger charge is 2.25. The van der Waals surface area contributed by atoms with E-state index in [0.717, 1.165) is 0 Å². The zero-order chi connectivity index (χ0) is 11.8. The molecule has 86 valence electrons. The highest BCUT2D eigenvalue weighted by Crippen LogP contribution is 1.99. The summed E-state index contributed by atoms with van der Waals surface area (Å²) in [4.78, 5) is 21.5. The Kier molecular flexibility index (Phi) is 6.12. The number of aliphatic hydroxyl groups excluding tert-OH is 1. The molecule has 0 rings (SSSR count). The fourth-order valence-corrected chi connectivity index (χ4v) is 0.904. The molecule has 1 amide bonds. The molecule has 0 aliphatic carbocycles. The van der Waals surface area contributed by atoms with Crippen LogP contribution in [0.4, 0.5) is 4.79 Å². The van der Waals surface area contributed by atoms with Crippen molar-refractivity contribution in [3.63, 3.8) is 0 Å². The lowest BCUT2D eigenvalue weighted by atomic mass is 10.1. The number of aliphatic carboxylic acids is 1. The van der Waals surface area contributed by atoms with Crippen LogP contribution in [0.25, 0.3) is 0 Å². The van der Waals surface area contributed by atoms with Gasteiger partial charge in [-0.3, -0.25) is 0 Å². The Morgan fingerprint density at radius 2 is 2.20 bits per heavy atom. The molecule has 0 bridgehead atoms. The average molecular weight is 217 g/mol. The molecule has 3 N–H and O–H groups in total. The standard InChI is InChI=1S/C9H15NO5/c1-3-5-15-9(14)10-6(4-2)7(11)8(12)13/h3,6-7,11H,1,4-5H2,2H3,(H,10,14)(H,12,13). The van der Waals surface area contributed by atoms with Crippen molar-refractivity contribution in [1.82, 2.24) is 5.32 Å². The number of nitrogens with one attached hydrogen (secondary N) is 1. The molecule has 0 aliphatic heterocycles. The third-order valence-corrected chi connectivity index (χ3v) is 1.71. The second-order valence-electron chi connectivity index (χ2n) is 2.83. The number of aliphatic hydroxyl groups is 1. The van der Waals surface area contributed by atoms with Gasteiger partial charge in [-0.15, -0.1) is 0 Å². The van der Waals surface area contributed by atoms with E-state index in [2.05, 4.69) is 16.6 Å². The molecule has 0 saturated heterocycles. The maximum atomic E-state index is 11.0. The largest absolute Gasteiger partial charge is 0.479 e. The lowest BCUT2D eigenvalue weighted by molar-refractivity contribution is -0.148. The summed E-state index contributed by atoms with van der Waals surface area (Å²) in [7, 11) is 0. The fraction of sp³-hybridized carbons (Fsp3) is 0.556. The topological polar surface area (TPSA) is 95.9 Å². The van der Waals surface area contributed by atoms with Crippen molar-refractivity contribution in [2.45, 2.75) is 25.5 Å². The molecule has 2 unspecified atom stereocenters. The van der Waals surface area contributed by atoms with Gasteiger partial charge in [0.05, 0.1) is 6.04 Å². The van der Waals surface area contributed by atoms with Crippen LogP contribution >= 0.6 is 0 Å². The number of amides is 1. The fourth-order valence-electron chi connectivity index (χ4n) is 0.904. The number of rotatable bonds is 6. The van der Waals surface area contributed by atoms with Gasteiger partial charge in [0.25, 0.3) is 0 Å². The zero-order valence-corrected chi connectivity index (χ0v) is 8.47. The summed E-state index contributed by atoms with van der Waals surface area (Å²) in [5, 5.41) is 19.9.